The summed E-state index contributed by atoms with van der Waals surface area (Å²) in [6.07, 6.45) is 1.57. The van der Waals surface area contributed by atoms with Gasteiger partial charge in [-0.15, -0.1) is 0 Å². The number of fused-ring (bicyclic) bond motifs is 1. The fourth-order valence-corrected chi connectivity index (χ4v) is 3.79. The first-order valence-corrected chi connectivity index (χ1v) is 8.35. The quantitative estimate of drug-likeness (QED) is 0.850. The summed E-state index contributed by atoms with van der Waals surface area (Å²) in [4.78, 5) is 31.9. The minimum absolute atomic E-state index is 0.238. The van der Waals surface area contributed by atoms with Gasteiger partial charge in [0.25, 0.3) is 5.56 Å². The average molecular weight is 341 g/mol. The lowest BCUT2D eigenvalue weighted by atomic mass is 9.76. The predicted octanol–water partition coefficient (Wildman–Crippen LogP) is 0.960. The lowest BCUT2D eigenvalue weighted by molar-refractivity contribution is -0.0681. The Morgan fingerprint density at radius 1 is 1.24 bits per heavy atom. The molecule has 4 rings (SSSR count). The van der Waals surface area contributed by atoms with Gasteiger partial charge in [-0.2, -0.15) is 0 Å². The van der Waals surface area contributed by atoms with E-state index < -0.39 is 17.9 Å². The van der Waals surface area contributed by atoms with Crippen molar-refractivity contribution in [2.75, 3.05) is 0 Å². The van der Waals surface area contributed by atoms with Gasteiger partial charge in [0.05, 0.1) is 23.8 Å². The van der Waals surface area contributed by atoms with E-state index in [9.17, 15) is 14.7 Å². The molecule has 130 valence electrons. The van der Waals surface area contributed by atoms with Crippen molar-refractivity contribution in [2.24, 2.45) is 11.1 Å². The van der Waals surface area contributed by atoms with Crippen molar-refractivity contribution in [3.8, 4) is 0 Å². The SMILES string of the molecule is Cc1cn([C@@H]2CC[C@H](O)[C@H]3ON=C(c4ccccc4)[C@H]32)c(=O)[nH]c1=O. The fourth-order valence-electron chi connectivity index (χ4n) is 3.79. The standard InChI is InChI=1S/C18H19N3O4/c1-10-9-21(18(24)19-17(10)23)12-7-8-13(22)16-14(12)15(20-25-16)11-5-3-2-4-6-11/h2-6,9,12-14,16,22H,7-8H2,1H3,(H,19,23,24)/t12-,13+,14-,16-/m1/s1. The van der Waals surface area contributed by atoms with Crippen molar-refractivity contribution >= 4 is 5.71 Å². The van der Waals surface area contributed by atoms with Crippen LogP contribution in [-0.4, -0.2) is 32.6 Å². The van der Waals surface area contributed by atoms with Gasteiger partial charge in [-0.3, -0.25) is 14.3 Å². The predicted molar refractivity (Wildman–Crippen MR) is 91.7 cm³/mol. The van der Waals surface area contributed by atoms with E-state index in [0.29, 0.717) is 18.4 Å². The van der Waals surface area contributed by atoms with E-state index in [1.54, 1.807) is 17.7 Å². The number of aromatic nitrogens is 2. The second-order valence-corrected chi connectivity index (χ2v) is 6.63. The molecular formula is C18H19N3O4. The molecule has 0 amide bonds. The number of aryl methyl sites for hydroxylation is 1. The molecule has 0 saturated heterocycles. The minimum atomic E-state index is -0.634. The van der Waals surface area contributed by atoms with Crippen LogP contribution in [0, 0.1) is 12.8 Å². The Bertz CT molecular complexity index is 931. The molecule has 1 saturated carbocycles. The number of rotatable bonds is 2. The van der Waals surface area contributed by atoms with Crippen LogP contribution in [0.5, 0.6) is 0 Å². The van der Waals surface area contributed by atoms with E-state index >= 15 is 0 Å². The largest absolute Gasteiger partial charge is 0.389 e. The van der Waals surface area contributed by atoms with Crippen LogP contribution in [0.25, 0.3) is 0 Å². The van der Waals surface area contributed by atoms with E-state index in [0.717, 1.165) is 11.3 Å². The van der Waals surface area contributed by atoms with Crippen molar-refractivity contribution in [3.05, 3.63) is 68.5 Å². The van der Waals surface area contributed by atoms with Gasteiger partial charge in [-0.1, -0.05) is 35.5 Å². The summed E-state index contributed by atoms with van der Waals surface area (Å²) in [6.45, 7) is 1.67. The molecule has 7 heteroatoms. The first kappa shape index (κ1) is 15.8. The number of hydrogen-bond acceptors (Lipinski definition) is 5. The normalized spacial score (nSPS) is 28.2. The highest BCUT2D eigenvalue weighted by molar-refractivity contribution is 6.03. The molecule has 0 spiro atoms. The molecule has 25 heavy (non-hydrogen) atoms. The molecule has 1 aromatic carbocycles. The van der Waals surface area contributed by atoms with Crippen molar-refractivity contribution in [1.82, 2.24) is 9.55 Å². The highest BCUT2D eigenvalue weighted by atomic mass is 16.7. The van der Waals surface area contributed by atoms with Crippen molar-refractivity contribution < 1.29 is 9.94 Å². The summed E-state index contributed by atoms with van der Waals surface area (Å²) in [5, 5.41) is 14.5. The van der Waals surface area contributed by atoms with E-state index in [1.807, 2.05) is 30.3 Å². The van der Waals surface area contributed by atoms with Crippen molar-refractivity contribution in [1.29, 1.82) is 0 Å². The van der Waals surface area contributed by atoms with Gasteiger partial charge in [0.15, 0.2) is 6.10 Å². The average Bonchev–Trinajstić information content (AvgIpc) is 3.06. The first-order valence-electron chi connectivity index (χ1n) is 8.35. The molecule has 1 aliphatic heterocycles. The van der Waals surface area contributed by atoms with E-state index in [1.165, 1.54) is 0 Å². The number of oxime groups is 1. The molecule has 2 heterocycles. The Labute approximate surface area is 143 Å². The summed E-state index contributed by atoms with van der Waals surface area (Å²) >= 11 is 0. The number of aliphatic hydroxyl groups excluding tert-OH is 1. The van der Waals surface area contributed by atoms with Crippen LogP contribution in [0.2, 0.25) is 0 Å². The monoisotopic (exact) mass is 341 g/mol. The number of nitrogens with zero attached hydrogens (tertiary/aromatic N) is 2. The zero-order valence-electron chi connectivity index (χ0n) is 13.8. The number of benzene rings is 1. The molecule has 7 nitrogen and oxygen atoms in total. The first-order chi connectivity index (χ1) is 12.1. The maximum Gasteiger partial charge on any atom is 0.328 e. The molecule has 4 atom stereocenters. The third-order valence-corrected chi connectivity index (χ3v) is 5.07. The minimum Gasteiger partial charge on any atom is -0.389 e. The lowest BCUT2D eigenvalue weighted by Gasteiger charge is -2.36. The van der Waals surface area contributed by atoms with Crippen molar-refractivity contribution in [3.63, 3.8) is 0 Å². The van der Waals surface area contributed by atoms with Gasteiger partial charge < -0.3 is 9.94 Å². The third kappa shape index (κ3) is 2.60. The van der Waals surface area contributed by atoms with Crippen LogP contribution in [0.3, 0.4) is 0 Å². The Hall–Kier alpha value is -2.67. The molecule has 2 aromatic rings. The molecular weight excluding hydrogens is 322 g/mol. The molecule has 0 bridgehead atoms. The van der Waals surface area contributed by atoms with Crippen LogP contribution in [-0.2, 0) is 4.84 Å². The Morgan fingerprint density at radius 2 is 2.00 bits per heavy atom. The molecule has 0 unspecified atom stereocenters. The summed E-state index contributed by atoms with van der Waals surface area (Å²) in [7, 11) is 0. The van der Waals surface area contributed by atoms with Gasteiger partial charge in [-0.25, -0.2) is 4.79 Å². The number of H-pyrrole nitrogens is 1. The zero-order valence-corrected chi connectivity index (χ0v) is 13.8. The molecule has 0 radical (unpaired) electrons. The fraction of sp³-hybridized carbons (Fsp3) is 0.389. The topological polar surface area (TPSA) is 96.7 Å². The molecule has 2 N–H and O–H groups in total. The van der Waals surface area contributed by atoms with Gasteiger partial charge in [0, 0.05) is 11.8 Å². The van der Waals surface area contributed by atoms with Crippen LogP contribution in [0.1, 0.15) is 30.0 Å². The smallest absolute Gasteiger partial charge is 0.328 e. The summed E-state index contributed by atoms with van der Waals surface area (Å²) in [6, 6.07) is 9.37. The Kier molecular flexibility index (Phi) is 3.80. The van der Waals surface area contributed by atoms with E-state index in [-0.39, 0.29) is 17.5 Å². The zero-order chi connectivity index (χ0) is 17.6. The maximum absolute atomic E-state index is 12.4. The lowest BCUT2D eigenvalue weighted by Crippen LogP contribution is -2.47. The van der Waals surface area contributed by atoms with E-state index in [4.69, 9.17) is 4.84 Å². The second-order valence-electron chi connectivity index (χ2n) is 6.63. The van der Waals surface area contributed by atoms with Gasteiger partial charge >= 0.3 is 5.69 Å². The van der Waals surface area contributed by atoms with Gasteiger partial charge in [0.1, 0.15) is 0 Å². The second kappa shape index (κ2) is 6.00. The van der Waals surface area contributed by atoms with Crippen LogP contribution >= 0.6 is 0 Å². The highest BCUT2D eigenvalue weighted by Gasteiger charge is 2.48. The maximum atomic E-state index is 12.4. The van der Waals surface area contributed by atoms with E-state index in [2.05, 4.69) is 10.1 Å². The molecule has 2 aliphatic rings. The molecule has 1 fully saturated rings. The van der Waals surface area contributed by atoms with Crippen LogP contribution < -0.4 is 11.2 Å². The van der Waals surface area contributed by atoms with Gasteiger partial charge in [-0.05, 0) is 25.3 Å². The molecule has 1 aromatic heterocycles. The number of nitrogens with one attached hydrogen (secondary N) is 1. The van der Waals surface area contributed by atoms with Crippen LogP contribution in [0.4, 0.5) is 0 Å². The van der Waals surface area contributed by atoms with Crippen molar-refractivity contribution in [2.45, 2.75) is 38.0 Å². The Morgan fingerprint density at radius 3 is 2.76 bits per heavy atom. The number of hydrogen-bond donors (Lipinski definition) is 2. The van der Waals surface area contributed by atoms with Crippen LogP contribution in [0.15, 0.2) is 51.3 Å². The van der Waals surface area contributed by atoms with Gasteiger partial charge in [0.2, 0.25) is 0 Å². The summed E-state index contributed by atoms with van der Waals surface area (Å²) < 4.78 is 1.55. The summed E-state index contributed by atoms with van der Waals surface area (Å²) in [5.41, 5.74) is 1.27. The summed E-state index contributed by atoms with van der Waals surface area (Å²) in [5.74, 6) is -0.255. The molecule has 1 aliphatic carbocycles. The highest BCUT2D eigenvalue weighted by Crippen LogP contribution is 2.41. The Balaban J connectivity index is 1.80. The number of aliphatic hydroxyl groups is 1. The number of aromatic amines is 1. The third-order valence-electron chi connectivity index (χ3n) is 5.07.